The van der Waals surface area contributed by atoms with Crippen LogP contribution >= 0.6 is 0 Å². The fourth-order valence-electron chi connectivity index (χ4n) is 2.36. The van der Waals surface area contributed by atoms with Crippen molar-refractivity contribution < 1.29 is 14.3 Å². The Hall–Kier alpha value is -2.82. The van der Waals surface area contributed by atoms with Crippen molar-refractivity contribution in [2.75, 3.05) is 17.2 Å². The lowest BCUT2D eigenvalue weighted by Crippen LogP contribution is -2.25. The van der Waals surface area contributed by atoms with E-state index >= 15 is 0 Å². The predicted molar refractivity (Wildman–Crippen MR) is 84.4 cm³/mol. The highest BCUT2D eigenvalue weighted by atomic mass is 16.5. The lowest BCUT2D eigenvalue weighted by Gasteiger charge is -2.18. The molecule has 0 bridgehead atoms. The average molecular weight is 296 g/mol. The molecule has 0 aromatic heterocycles. The van der Waals surface area contributed by atoms with Gasteiger partial charge in [0.2, 0.25) is 0 Å². The minimum Gasteiger partial charge on any atom is -0.482 e. The highest BCUT2D eigenvalue weighted by Gasteiger charge is 2.17. The molecule has 5 nitrogen and oxygen atoms in total. The molecular weight excluding hydrogens is 280 g/mol. The van der Waals surface area contributed by atoms with Gasteiger partial charge in [-0.05, 0) is 49.2 Å². The van der Waals surface area contributed by atoms with Crippen molar-refractivity contribution in [2.24, 2.45) is 0 Å². The Kier molecular flexibility index (Phi) is 3.55. The van der Waals surface area contributed by atoms with Crippen LogP contribution < -0.4 is 15.4 Å². The Balaban J connectivity index is 1.84. The molecular formula is C17H16N2O3. The van der Waals surface area contributed by atoms with Crippen LogP contribution in [0.1, 0.15) is 21.5 Å². The summed E-state index contributed by atoms with van der Waals surface area (Å²) in [6.07, 6.45) is 0. The van der Waals surface area contributed by atoms with Crippen LogP contribution in [0.4, 0.5) is 11.4 Å². The van der Waals surface area contributed by atoms with E-state index in [0.29, 0.717) is 22.7 Å². The van der Waals surface area contributed by atoms with Gasteiger partial charge >= 0.3 is 0 Å². The van der Waals surface area contributed by atoms with Crippen molar-refractivity contribution in [2.45, 2.75) is 13.8 Å². The van der Waals surface area contributed by atoms with E-state index < -0.39 is 0 Å². The van der Waals surface area contributed by atoms with Gasteiger partial charge in [-0.1, -0.05) is 12.1 Å². The van der Waals surface area contributed by atoms with Crippen LogP contribution in [0, 0.1) is 13.8 Å². The quantitative estimate of drug-likeness (QED) is 0.895. The molecule has 2 aromatic carbocycles. The molecule has 0 saturated heterocycles. The average Bonchev–Trinajstić information content (AvgIpc) is 2.49. The summed E-state index contributed by atoms with van der Waals surface area (Å²) in [7, 11) is 0. The third kappa shape index (κ3) is 2.65. The summed E-state index contributed by atoms with van der Waals surface area (Å²) in [5.41, 5.74) is 3.83. The van der Waals surface area contributed by atoms with Gasteiger partial charge in [0, 0.05) is 11.3 Å². The molecule has 0 fully saturated rings. The van der Waals surface area contributed by atoms with Gasteiger partial charge in [-0.3, -0.25) is 9.59 Å². The summed E-state index contributed by atoms with van der Waals surface area (Å²) in [5.74, 6) is 0.221. The molecule has 5 heteroatoms. The van der Waals surface area contributed by atoms with Crippen molar-refractivity contribution in [1.82, 2.24) is 0 Å². The van der Waals surface area contributed by atoms with Gasteiger partial charge in [-0.25, -0.2) is 0 Å². The highest BCUT2D eigenvalue weighted by molar-refractivity contribution is 6.06. The van der Waals surface area contributed by atoms with Crippen LogP contribution in [0.15, 0.2) is 36.4 Å². The minimum absolute atomic E-state index is 0.0151. The molecule has 112 valence electrons. The van der Waals surface area contributed by atoms with Crippen LogP contribution in [-0.2, 0) is 4.79 Å². The first-order valence-corrected chi connectivity index (χ1v) is 6.99. The monoisotopic (exact) mass is 296 g/mol. The molecule has 3 rings (SSSR count). The van der Waals surface area contributed by atoms with E-state index in [1.165, 1.54) is 0 Å². The number of hydrogen-bond donors (Lipinski definition) is 2. The third-order valence-corrected chi connectivity index (χ3v) is 3.72. The normalized spacial score (nSPS) is 12.9. The molecule has 0 radical (unpaired) electrons. The van der Waals surface area contributed by atoms with E-state index in [0.717, 1.165) is 11.1 Å². The Morgan fingerprint density at radius 3 is 2.86 bits per heavy atom. The number of amides is 2. The van der Waals surface area contributed by atoms with Crippen LogP contribution in [0.25, 0.3) is 0 Å². The zero-order valence-electron chi connectivity index (χ0n) is 12.4. The molecule has 2 amide bonds. The van der Waals surface area contributed by atoms with E-state index in [-0.39, 0.29) is 18.4 Å². The number of aryl methyl sites for hydroxylation is 1. The summed E-state index contributed by atoms with van der Waals surface area (Å²) >= 11 is 0. The maximum Gasteiger partial charge on any atom is 0.262 e. The fourth-order valence-corrected chi connectivity index (χ4v) is 2.36. The van der Waals surface area contributed by atoms with Crippen LogP contribution in [0.3, 0.4) is 0 Å². The van der Waals surface area contributed by atoms with Gasteiger partial charge in [0.15, 0.2) is 6.61 Å². The molecule has 0 saturated carbocycles. The number of ether oxygens (including phenoxy) is 1. The van der Waals surface area contributed by atoms with Crippen molar-refractivity contribution in [3.05, 3.63) is 53.1 Å². The van der Waals surface area contributed by atoms with Crippen molar-refractivity contribution in [3.63, 3.8) is 0 Å². The molecule has 0 unspecified atom stereocenters. The highest BCUT2D eigenvalue weighted by Crippen LogP contribution is 2.30. The maximum atomic E-state index is 12.4. The number of hydrogen-bond acceptors (Lipinski definition) is 3. The van der Waals surface area contributed by atoms with Gasteiger partial charge < -0.3 is 15.4 Å². The van der Waals surface area contributed by atoms with Crippen LogP contribution in [-0.4, -0.2) is 18.4 Å². The Morgan fingerprint density at radius 1 is 1.23 bits per heavy atom. The second kappa shape index (κ2) is 5.52. The summed E-state index contributed by atoms with van der Waals surface area (Å²) in [4.78, 5) is 23.7. The Labute approximate surface area is 128 Å². The van der Waals surface area contributed by atoms with Gasteiger partial charge in [0.25, 0.3) is 11.8 Å². The number of carbonyl (C=O) groups excluding carboxylic acids is 2. The topological polar surface area (TPSA) is 67.4 Å². The Morgan fingerprint density at radius 2 is 2.05 bits per heavy atom. The largest absolute Gasteiger partial charge is 0.482 e. The zero-order valence-corrected chi connectivity index (χ0v) is 12.4. The molecule has 1 heterocycles. The van der Waals surface area contributed by atoms with Crippen LogP contribution in [0.5, 0.6) is 5.75 Å². The van der Waals surface area contributed by atoms with E-state index in [1.54, 1.807) is 24.3 Å². The third-order valence-electron chi connectivity index (χ3n) is 3.72. The molecule has 0 atom stereocenters. The van der Waals surface area contributed by atoms with Gasteiger partial charge in [0.05, 0.1) is 5.69 Å². The van der Waals surface area contributed by atoms with Gasteiger partial charge in [-0.2, -0.15) is 0 Å². The molecule has 22 heavy (non-hydrogen) atoms. The summed E-state index contributed by atoms with van der Waals surface area (Å²) in [5, 5.41) is 5.56. The number of fused-ring (bicyclic) bond motifs is 1. The second-order valence-electron chi connectivity index (χ2n) is 5.25. The smallest absolute Gasteiger partial charge is 0.262 e. The van der Waals surface area contributed by atoms with Crippen molar-refractivity contribution >= 4 is 23.2 Å². The standard InChI is InChI=1S/C17H16N2O3/c1-10-4-3-5-13(11(10)2)17(21)18-12-6-7-15-14(8-12)19-16(20)9-22-15/h3-8H,9H2,1-2H3,(H,18,21)(H,19,20). The van der Waals surface area contributed by atoms with E-state index in [4.69, 9.17) is 4.74 Å². The fraction of sp³-hybridized carbons (Fsp3) is 0.176. The van der Waals surface area contributed by atoms with Gasteiger partial charge in [0.1, 0.15) is 5.75 Å². The minimum atomic E-state index is -0.203. The lowest BCUT2D eigenvalue weighted by atomic mass is 10.0. The number of benzene rings is 2. The molecule has 2 aromatic rings. The first-order valence-electron chi connectivity index (χ1n) is 6.99. The number of anilines is 2. The first-order chi connectivity index (χ1) is 10.5. The second-order valence-corrected chi connectivity index (χ2v) is 5.25. The number of carbonyl (C=O) groups is 2. The molecule has 1 aliphatic heterocycles. The van der Waals surface area contributed by atoms with Crippen molar-refractivity contribution in [3.8, 4) is 5.75 Å². The predicted octanol–water partition coefficient (Wildman–Crippen LogP) is 2.89. The molecule has 0 aliphatic carbocycles. The molecule has 0 spiro atoms. The number of rotatable bonds is 2. The first kappa shape index (κ1) is 14.1. The Bertz CT molecular complexity index is 768. The van der Waals surface area contributed by atoms with Gasteiger partial charge in [-0.15, -0.1) is 0 Å². The van der Waals surface area contributed by atoms with Crippen molar-refractivity contribution in [1.29, 1.82) is 0 Å². The lowest BCUT2D eigenvalue weighted by molar-refractivity contribution is -0.118. The molecule has 2 N–H and O–H groups in total. The maximum absolute atomic E-state index is 12.4. The number of nitrogens with one attached hydrogen (secondary N) is 2. The van der Waals surface area contributed by atoms with E-state index in [9.17, 15) is 9.59 Å². The summed E-state index contributed by atoms with van der Waals surface area (Å²) in [6, 6.07) is 10.8. The van der Waals surface area contributed by atoms with Crippen LogP contribution in [0.2, 0.25) is 0 Å². The zero-order chi connectivity index (χ0) is 15.7. The SMILES string of the molecule is Cc1cccc(C(=O)Nc2ccc3c(c2)NC(=O)CO3)c1C. The summed E-state index contributed by atoms with van der Waals surface area (Å²) in [6.45, 7) is 3.91. The summed E-state index contributed by atoms with van der Waals surface area (Å²) < 4.78 is 5.29. The van der Waals surface area contributed by atoms with E-state index in [2.05, 4.69) is 10.6 Å². The van der Waals surface area contributed by atoms with E-state index in [1.807, 2.05) is 26.0 Å². The molecule has 1 aliphatic rings.